The quantitative estimate of drug-likeness (QED) is 0.768. The maximum atomic E-state index is 13.2. The van der Waals surface area contributed by atoms with Gasteiger partial charge < -0.3 is 10.4 Å². The Balaban J connectivity index is 2.53. The first-order chi connectivity index (χ1) is 6.59. The maximum absolute atomic E-state index is 13.2. The lowest BCUT2D eigenvalue weighted by Gasteiger charge is -2.08. The van der Waals surface area contributed by atoms with Crippen molar-refractivity contribution in [2.24, 2.45) is 0 Å². The van der Waals surface area contributed by atoms with Crippen LogP contribution in [0.3, 0.4) is 0 Å². The molecular weight excluding hydrogens is 181 g/mol. The minimum atomic E-state index is -0.400. The molecule has 0 aliphatic heterocycles. The molecule has 0 saturated heterocycles. The highest BCUT2D eigenvalue weighted by Crippen LogP contribution is 2.09. The van der Waals surface area contributed by atoms with Crippen LogP contribution in [0.15, 0.2) is 18.2 Å². The van der Waals surface area contributed by atoms with Crippen molar-refractivity contribution >= 4 is 0 Å². The van der Waals surface area contributed by atoms with Crippen LogP contribution in [0.5, 0.6) is 0 Å². The Kier molecular flexibility index (Phi) is 4.04. The van der Waals surface area contributed by atoms with Crippen LogP contribution in [0.4, 0.5) is 4.39 Å². The predicted octanol–water partition coefficient (Wildman–Crippen LogP) is 1.60. The Hall–Kier alpha value is -0.930. The molecule has 0 amide bonds. The molecule has 0 unspecified atom stereocenters. The van der Waals surface area contributed by atoms with Gasteiger partial charge in [0.15, 0.2) is 0 Å². The lowest BCUT2D eigenvalue weighted by atomic mass is 10.1. The Morgan fingerprint density at radius 3 is 2.86 bits per heavy atom. The first-order valence-electron chi connectivity index (χ1n) is 4.73. The fraction of sp³-hybridized carbons (Fsp3) is 0.455. The van der Waals surface area contributed by atoms with Gasteiger partial charge in [-0.05, 0) is 19.9 Å². The molecule has 2 nitrogen and oxygen atoms in total. The topological polar surface area (TPSA) is 32.3 Å². The molecule has 0 saturated carbocycles. The number of halogens is 1. The number of rotatable bonds is 4. The van der Waals surface area contributed by atoms with Crippen LogP contribution in [0.1, 0.15) is 18.1 Å². The number of benzene rings is 1. The average molecular weight is 197 g/mol. The SMILES string of the molecule is Cc1ccc(F)c(CNC[C@@H](C)O)c1. The molecule has 0 bridgehead atoms. The van der Waals surface area contributed by atoms with Crippen molar-refractivity contribution in [1.29, 1.82) is 0 Å². The van der Waals surface area contributed by atoms with Crippen LogP contribution in [-0.4, -0.2) is 17.8 Å². The van der Waals surface area contributed by atoms with Crippen molar-refractivity contribution in [1.82, 2.24) is 5.32 Å². The normalized spacial score (nSPS) is 12.9. The summed E-state index contributed by atoms with van der Waals surface area (Å²) >= 11 is 0. The van der Waals surface area contributed by atoms with Crippen LogP contribution < -0.4 is 5.32 Å². The molecular formula is C11H16FNO. The van der Waals surface area contributed by atoms with Gasteiger partial charge in [0.1, 0.15) is 5.82 Å². The van der Waals surface area contributed by atoms with Gasteiger partial charge in [0.2, 0.25) is 0 Å². The van der Waals surface area contributed by atoms with Crippen molar-refractivity contribution in [3.05, 3.63) is 35.1 Å². The largest absolute Gasteiger partial charge is 0.392 e. The Morgan fingerprint density at radius 1 is 1.50 bits per heavy atom. The molecule has 0 radical (unpaired) electrons. The second-order valence-electron chi connectivity index (χ2n) is 3.57. The Labute approximate surface area is 83.8 Å². The molecule has 14 heavy (non-hydrogen) atoms. The molecule has 2 N–H and O–H groups in total. The molecule has 78 valence electrons. The average Bonchev–Trinajstić information content (AvgIpc) is 2.10. The van der Waals surface area contributed by atoms with Gasteiger partial charge in [-0.3, -0.25) is 0 Å². The predicted molar refractivity (Wildman–Crippen MR) is 54.5 cm³/mol. The number of hydrogen-bond acceptors (Lipinski definition) is 2. The van der Waals surface area contributed by atoms with E-state index in [2.05, 4.69) is 5.32 Å². The van der Waals surface area contributed by atoms with Crippen molar-refractivity contribution in [3.8, 4) is 0 Å². The zero-order chi connectivity index (χ0) is 10.6. The summed E-state index contributed by atoms with van der Waals surface area (Å²) in [5, 5.41) is 12.0. The van der Waals surface area contributed by atoms with E-state index in [-0.39, 0.29) is 5.82 Å². The fourth-order valence-corrected chi connectivity index (χ4v) is 1.25. The van der Waals surface area contributed by atoms with Gasteiger partial charge in [0.25, 0.3) is 0 Å². The molecule has 0 aliphatic carbocycles. The van der Waals surface area contributed by atoms with Crippen LogP contribution in [0.25, 0.3) is 0 Å². The van der Waals surface area contributed by atoms with Gasteiger partial charge in [-0.15, -0.1) is 0 Å². The van der Waals surface area contributed by atoms with Gasteiger partial charge in [-0.1, -0.05) is 17.7 Å². The standard InChI is InChI=1S/C11H16FNO/c1-8-3-4-11(12)10(5-8)7-13-6-9(2)14/h3-5,9,13-14H,6-7H2,1-2H3/t9-/m1/s1. The van der Waals surface area contributed by atoms with E-state index in [1.54, 1.807) is 13.0 Å². The van der Waals surface area contributed by atoms with Gasteiger partial charge in [-0.25, -0.2) is 4.39 Å². The molecule has 0 aliphatic rings. The number of aryl methyl sites for hydroxylation is 1. The molecule has 1 aromatic rings. The van der Waals surface area contributed by atoms with Crippen LogP contribution in [0, 0.1) is 12.7 Å². The van der Waals surface area contributed by atoms with Crippen LogP contribution in [-0.2, 0) is 6.54 Å². The highest BCUT2D eigenvalue weighted by Gasteiger charge is 2.02. The summed E-state index contributed by atoms with van der Waals surface area (Å²) in [6.07, 6.45) is -0.400. The summed E-state index contributed by atoms with van der Waals surface area (Å²) in [7, 11) is 0. The minimum absolute atomic E-state index is 0.200. The van der Waals surface area contributed by atoms with Gasteiger partial charge in [-0.2, -0.15) is 0 Å². The Bertz CT molecular complexity index is 299. The Morgan fingerprint density at radius 2 is 2.21 bits per heavy atom. The smallest absolute Gasteiger partial charge is 0.127 e. The van der Waals surface area contributed by atoms with E-state index in [0.717, 1.165) is 5.56 Å². The summed E-state index contributed by atoms with van der Waals surface area (Å²) in [6, 6.07) is 5.02. The number of aliphatic hydroxyl groups excluding tert-OH is 1. The molecule has 0 aromatic heterocycles. The molecule has 1 rings (SSSR count). The number of hydrogen-bond donors (Lipinski definition) is 2. The van der Waals surface area contributed by atoms with E-state index < -0.39 is 6.10 Å². The van der Waals surface area contributed by atoms with E-state index in [1.807, 2.05) is 13.0 Å². The second kappa shape index (κ2) is 5.08. The lowest BCUT2D eigenvalue weighted by molar-refractivity contribution is 0.191. The molecule has 0 heterocycles. The van der Waals surface area contributed by atoms with Crippen LogP contribution >= 0.6 is 0 Å². The molecule has 3 heteroatoms. The third-order valence-electron chi connectivity index (χ3n) is 1.96. The zero-order valence-electron chi connectivity index (χ0n) is 8.55. The highest BCUT2D eigenvalue weighted by molar-refractivity contribution is 5.23. The monoisotopic (exact) mass is 197 g/mol. The van der Waals surface area contributed by atoms with Gasteiger partial charge in [0, 0.05) is 18.7 Å². The highest BCUT2D eigenvalue weighted by atomic mass is 19.1. The number of aliphatic hydroxyl groups is 1. The molecule has 1 atom stereocenters. The van der Waals surface area contributed by atoms with E-state index in [0.29, 0.717) is 18.7 Å². The fourth-order valence-electron chi connectivity index (χ4n) is 1.25. The molecule has 0 spiro atoms. The maximum Gasteiger partial charge on any atom is 0.127 e. The van der Waals surface area contributed by atoms with Gasteiger partial charge in [0.05, 0.1) is 6.10 Å². The van der Waals surface area contributed by atoms with Crippen molar-refractivity contribution in [3.63, 3.8) is 0 Å². The van der Waals surface area contributed by atoms with Crippen molar-refractivity contribution in [2.75, 3.05) is 6.54 Å². The summed E-state index contributed by atoms with van der Waals surface area (Å²) < 4.78 is 13.2. The molecule has 1 aromatic carbocycles. The van der Waals surface area contributed by atoms with E-state index >= 15 is 0 Å². The summed E-state index contributed by atoms with van der Waals surface area (Å²) in [5.41, 5.74) is 1.69. The third-order valence-corrected chi connectivity index (χ3v) is 1.96. The zero-order valence-corrected chi connectivity index (χ0v) is 8.55. The van der Waals surface area contributed by atoms with E-state index in [1.165, 1.54) is 6.07 Å². The summed E-state index contributed by atoms with van der Waals surface area (Å²) in [4.78, 5) is 0. The second-order valence-corrected chi connectivity index (χ2v) is 3.57. The van der Waals surface area contributed by atoms with Crippen LogP contribution in [0.2, 0.25) is 0 Å². The first kappa shape index (κ1) is 11.1. The summed E-state index contributed by atoms with van der Waals surface area (Å²) in [6.45, 7) is 4.56. The van der Waals surface area contributed by atoms with E-state index in [4.69, 9.17) is 5.11 Å². The minimum Gasteiger partial charge on any atom is -0.392 e. The van der Waals surface area contributed by atoms with E-state index in [9.17, 15) is 4.39 Å². The third kappa shape index (κ3) is 3.44. The summed E-state index contributed by atoms with van der Waals surface area (Å²) in [5.74, 6) is -0.200. The number of nitrogens with one attached hydrogen (secondary N) is 1. The van der Waals surface area contributed by atoms with Gasteiger partial charge >= 0.3 is 0 Å². The first-order valence-corrected chi connectivity index (χ1v) is 4.73. The lowest BCUT2D eigenvalue weighted by Crippen LogP contribution is -2.24. The molecule has 0 fully saturated rings. The van der Waals surface area contributed by atoms with Crippen molar-refractivity contribution < 1.29 is 9.50 Å². The van der Waals surface area contributed by atoms with Crippen molar-refractivity contribution in [2.45, 2.75) is 26.5 Å².